The number of nitrogens with one attached hydrogen (secondary N) is 3. The van der Waals surface area contributed by atoms with Crippen LogP contribution in [-0.4, -0.2) is 26.1 Å². The summed E-state index contributed by atoms with van der Waals surface area (Å²) >= 11 is 0. The monoisotopic (exact) mass is 533 g/mol. The highest BCUT2D eigenvalue weighted by Gasteiger charge is 2.03. The lowest BCUT2D eigenvalue weighted by atomic mass is 10.1. The second kappa shape index (κ2) is 23.5. The van der Waals surface area contributed by atoms with E-state index in [-0.39, 0.29) is 12.5 Å². The average molecular weight is 534 g/mol. The van der Waals surface area contributed by atoms with Crippen molar-refractivity contribution in [2.45, 2.75) is 67.4 Å². The number of hydrogen-bond donors (Lipinski definition) is 3. The van der Waals surface area contributed by atoms with Crippen LogP contribution in [0.5, 0.6) is 0 Å². The average Bonchev–Trinajstić information content (AvgIpc) is 3.01. The molecule has 39 heavy (non-hydrogen) atoms. The van der Waals surface area contributed by atoms with Crippen LogP contribution < -0.4 is 16.0 Å². The summed E-state index contributed by atoms with van der Waals surface area (Å²) in [6, 6.07) is 26.6. The van der Waals surface area contributed by atoms with Gasteiger partial charge in [-0.15, -0.1) is 0 Å². The van der Waals surface area contributed by atoms with Crippen LogP contribution in [0, 0.1) is 0 Å². The third kappa shape index (κ3) is 15.4. The van der Waals surface area contributed by atoms with E-state index < -0.39 is 0 Å². The largest absolute Gasteiger partial charge is 0.388 e. The topological polar surface area (TPSA) is 62.4 Å². The first-order valence-corrected chi connectivity index (χ1v) is 14.4. The van der Waals surface area contributed by atoms with Gasteiger partial charge in [-0.2, -0.15) is 0 Å². The highest BCUT2D eigenvalue weighted by molar-refractivity contribution is 5.77. The number of carbonyl (C=O) groups excluding carboxylic acids is 1. The van der Waals surface area contributed by atoms with Crippen LogP contribution in [0.4, 0.5) is 11.4 Å². The molecular weight excluding hydrogens is 482 g/mol. The van der Waals surface area contributed by atoms with E-state index in [0.29, 0.717) is 13.2 Å². The van der Waals surface area contributed by atoms with Crippen molar-refractivity contribution in [2.24, 2.45) is 0 Å². The normalized spacial score (nSPS) is 9.31. The third-order valence-corrected chi connectivity index (χ3v) is 5.26. The smallest absolute Gasteiger partial charge is 0.246 e. The number of rotatable bonds is 13. The molecule has 5 nitrogen and oxygen atoms in total. The lowest BCUT2D eigenvalue weighted by Gasteiger charge is -2.11. The van der Waals surface area contributed by atoms with Crippen molar-refractivity contribution in [1.82, 2.24) is 5.32 Å². The van der Waals surface area contributed by atoms with Crippen LogP contribution in [0.1, 0.15) is 66.4 Å². The molecule has 0 fully saturated rings. The first kappa shape index (κ1) is 35.4. The van der Waals surface area contributed by atoms with Gasteiger partial charge in [-0.3, -0.25) is 4.79 Å². The van der Waals surface area contributed by atoms with Gasteiger partial charge in [0.05, 0.1) is 6.61 Å². The predicted molar refractivity (Wildman–Crippen MR) is 171 cm³/mol. The molecule has 0 aromatic heterocycles. The van der Waals surface area contributed by atoms with Crippen molar-refractivity contribution in [3.8, 4) is 11.1 Å². The number of unbranched alkanes of at least 4 members (excludes halogenated alkanes) is 1. The molecule has 1 amide bonds. The number of hydrogen-bond acceptors (Lipinski definition) is 4. The second-order valence-corrected chi connectivity index (χ2v) is 7.92. The minimum Gasteiger partial charge on any atom is -0.388 e. The van der Waals surface area contributed by atoms with Crippen LogP contribution in [0.15, 0.2) is 91.1 Å². The van der Waals surface area contributed by atoms with E-state index in [1.54, 1.807) is 0 Å². The van der Waals surface area contributed by atoms with Crippen molar-refractivity contribution in [3.63, 3.8) is 0 Å². The predicted octanol–water partition coefficient (Wildman–Crippen LogP) is 8.90. The summed E-state index contributed by atoms with van der Waals surface area (Å²) < 4.78 is 5.50. The van der Waals surface area contributed by atoms with Gasteiger partial charge in [0.2, 0.25) is 5.91 Å². The van der Waals surface area contributed by atoms with Crippen LogP contribution >= 0.6 is 0 Å². The summed E-state index contributed by atoms with van der Waals surface area (Å²) in [5.74, 6) is -0.0866. The number of carbonyl (C=O) groups is 1. The maximum atomic E-state index is 11.9. The summed E-state index contributed by atoms with van der Waals surface area (Å²) in [7, 11) is 1.88. The molecule has 0 heterocycles. The molecule has 0 atom stereocenters. The molecular formula is C34H51N3O2. The first-order valence-electron chi connectivity index (χ1n) is 14.4. The number of anilines is 2. The molecule has 0 spiro atoms. The molecule has 3 aromatic carbocycles. The highest BCUT2D eigenvalue weighted by Crippen LogP contribution is 2.23. The number of benzene rings is 3. The second-order valence-electron chi connectivity index (χ2n) is 7.92. The first-order chi connectivity index (χ1) is 19.1. The van der Waals surface area contributed by atoms with Gasteiger partial charge in [0.1, 0.15) is 6.61 Å². The molecule has 0 aliphatic heterocycles. The van der Waals surface area contributed by atoms with Crippen molar-refractivity contribution >= 4 is 17.3 Å². The molecule has 214 valence electrons. The SMILES string of the molecule is C=C(CCCCNC(=O)COCc1ccc(NC)cc1)Nc1cccc(-c2ccccc2)c1.CC.CC.CC. The summed E-state index contributed by atoms with van der Waals surface area (Å²) in [5.41, 5.74) is 6.47. The van der Waals surface area contributed by atoms with Crippen molar-refractivity contribution < 1.29 is 9.53 Å². The van der Waals surface area contributed by atoms with E-state index in [2.05, 4.69) is 46.8 Å². The highest BCUT2D eigenvalue weighted by atomic mass is 16.5. The molecule has 3 N–H and O–H groups in total. The summed E-state index contributed by atoms with van der Waals surface area (Å²) in [6.45, 7) is 17.3. The fraction of sp³-hybridized carbons (Fsp3) is 0.382. The fourth-order valence-electron chi connectivity index (χ4n) is 3.45. The van der Waals surface area contributed by atoms with E-state index in [1.165, 1.54) is 11.1 Å². The molecule has 0 unspecified atom stereocenters. The van der Waals surface area contributed by atoms with Gasteiger partial charge in [-0.1, -0.05) is 103 Å². The zero-order chi connectivity index (χ0) is 29.3. The Morgan fingerprint density at radius 2 is 1.41 bits per heavy atom. The summed E-state index contributed by atoms with van der Waals surface area (Å²) in [6.07, 6.45) is 2.69. The van der Waals surface area contributed by atoms with Crippen LogP contribution in [0.2, 0.25) is 0 Å². The van der Waals surface area contributed by atoms with Gasteiger partial charge in [-0.25, -0.2) is 0 Å². The van der Waals surface area contributed by atoms with Gasteiger partial charge in [0.25, 0.3) is 0 Å². The molecule has 0 bridgehead atoms. The zero-order valence-corrected chi connectivity index (χ0v) is 25.3. The zero-order valence-electron chi connectivity index (χ0n) is 25.3. The Balaban J connectivity index is 0.00000225. The van der Waals surface area contributed by atoms with Gasteiger partial charge < -0.3 is 20.7 Å². The van der Waals surface area contributed by atoms with Gasteiger partial charge >= 0.3 is 0 Å². The molecule has 0 aliphatic rings. The Morgan fingerprint density at radius 3 is 2.05 bits per heavy atom. The van der Waals surface area contributed by atoms with E-state index >= 15 is 0 Å². The van der Waals surface area contributed by atoms with Gasteiger partial charge in [0.15, 0.2) is 0 Å². The Kier molecular flexibility index (Phi) is 21.4. The Labute approximate surface area is 238 Å². The Morgan fingerprint density at radius 1 is 0.769 bits per heavy atom. The molecule has 0 aliphatic carbocycles. The quantitative estimate of drug-likeness (QED) is 0.192. The summed E-state index contributed by atoms with van der Waals surface area (Å²) in [4.78, 5) is 11.9. The molecule has 0 radical (unpaired) electrons. The van der Waals surface area contributed by atoms with Crippen LogP contribution in [-0.2, 0) is 16.1 Å². The van der Waals surface area contributed by atoms with Gasteiger partial charge in [-0.05, 0) is 60.2 Å². The molecule has 3 rings (SSSR count). The Hall–Kier alpha value is -3.57. The fourth-order valence-corrected chi connectivity index (χ4v) is 3.45. The van der Waals surface area contributed by atoms with Crippen LogP contribution in [0.3, 0.4) is 0 Å². The lowest BCUT2D eigenvalue weighted by Crippen LogP contribution is -2.28. The molecule has 0 saturated carbocycles. The maximum absolute atomic E-state index is 11.9. The van der Waals surface area contributed by atoms with E-state index in [9.17, 15) is 4.79 Å². The maximum Gasteiger partial charge on any atom is 0.246 e. The lowest BCUT2D eigenvalue weighted by molar-refractivity contribution is -0.126. The molecule has 5 heteroatoms. The number of amides is 1. The number of ether oxygens (including phenoxy) is 1. The standard InChI is InChI=1S/C28H33N3O2.3C2H6/c1-22(31-27-13-8-12-25(19-27)24-10-4-3-5-11-24)9-6-7-18-30-28(32)21-33-20-23-14-16-26(29-2)17-15-23;3*1-2/h3-5,8,10-17,19,29,31H,1,6-7,9,18,20-21H2,2H3,(H,30,32);3*1-2H3. The number of allylic oxidation sites excluding steroid dienone is 1. The molecule has 3 aromatic rings. The Bertz CT molecular complexity index is 1020. The van der Waals surface area contributed by atoms with Crippen LogP contribution in [0.25, 0.3) is 11.1 Å². The van der Waals surface area contributed by atoms with Crippen molar-refractivity contribution in [3.05, 3.63) is 96.7 Å². The van der Waals surface area contributed by atoms with Gasteiger partial charge in [0, 0.05) is 30.7 Å². The van der Waals surface area contributed by atoms with Crippen molar-refractivity contribution in [2.75, 3.05) is 30.8 Å². The van der Waals surface area contributed by atoms with E-state index in [4.69, 9.17) is 4.74 Å². The minimum atomic E-state index is -0.0866. The van der Waals surface area contributed by atoms with E-state index in [1.807, 2.05) is 103 Å². The third-order valence-electron chi connectivity index (χ3n) is 5.26. The minimum absolute atomic E-state index is 0.0692. The molecule has 0 saturated heterocycles. The van der Waals surface area contributed by atoms with Crippen molar-refractivity contribution in [1.29, 1.82) is 0 Å². The summed E-state index contributed by atoms with van der Waals surface area (Å²) in [5, 5.41) is 9.38. The van der Waals surface area contributed by atoms with E-state index in [0.717, 1.165) is 41.9 Å².